The van der Waals surface area contributed by atoms with Crippen LogP contribution < -0.4 is 4.74 Å². The topological polar surface area (TPSA) is 42.4 Å². The maximum absolute atomic E-state index is 10.1. The Morgan fingerprint density at radius 2 is 2.00 bits per heavy atom. The van der Waals surface area contributed by atoms with Gasteiger partial charge in [-0.05, 0) is 18.4 Å². The van der Waals surface area contributed by atoms with Gasteiger partial charge in [-0.3, -0.25) is 0 Å². The molecule has 0 aliphatic heterocycles. The summed E-state index contributed by atoms with van der Waals surface area (Å²) in [6.45, 7) is 4.31. The fourth-order valence-electron chi connectivity index (χ4n) is 1.79. The van der Waals surface area contributed by atoms with Crippen LogP contribution in [-0.2, 0) is 0 Å². The van der Waals surface area contributed by atoms with Gasteiger partial charge in [-0.2, -0.15) is 0 Å². The average Bonchev–Trinajstić information content (AvgIpc) is 2.35. The molecule has 3 heteroatoms. The van der Waals surface area contributed by atoms with Crippen LogP contribution in [0.5, 0.6) is 5.88 Å². The minimum atomic E-state index is -0.486. The summed E-state index contributed by atoms with van der Waals surface area (Å²) in [5, 5.41) is 10.1. The molecule has 1 N–H and O–H groups in total. The zero-order chi connectivity index (χ0) is 12.0. The molecule has 1 aromatic heterocycles. The number of aliphatic hydroxyl groups is 1. The molecular weight excluding hydrogens is 202 g/mol. The van der Waals surface area contributed by atoms with E-state index in [2.05, 4.69) is 18.8 Å². The van der Waals surface area contributed by atoms with Gasteiger partial charge in [-0.1, -0.05) is 32.8 Å². The maximum Gasteiger partial charge on any atom is 0.213 e. The molecule has 1 unspecified atom stereocenters. The Balaban J connectivity index is 2.67. The lowest BCUT2D eigenvalue weighted by atomic mass is 9.95. The molecule has 3 nitrogen and oxygen atoms in total. The highest BCUT2D eigenvalue weighted by Crippen LogP contribution is 2.24. The lowest BCUT2D eigenvalue weighted by molar-refractivity contribution is 0.136. The number of aromatic nitrogens is 1. The molecule has 1 atom stereocenters. The van der Waals surface area contributed by atoms with Crippen LogP contribution in [0.4, 0.5) is 0 Å². The van der Waals surface area contributed by atoms with Crippen LogP contribution in [0.25, 0.3) is 0 Å². The van der Waals surface area contributed by atoms with Crippen LogP contribution in [0.15, 0.2) is 18.2 Å². The summed E-state index contributed by atoms with van der Waals surface area (Å²) >= 11 is 0. The number of aliphatic hydroxyl groups excluding tert-OH is 1. The van der Waals surface area contributed by atoms with Crippen molar-refractivity contribution in [3.8, 4) is 5.88 Å². The van der Waals surface area contributed by atoms with Gasteiger partial charge in [0.2, 0.25) is 5.88 Å². The quantitative estimate of drug-likeness (QED) is 0.806. The van der Waals surface area contributed by atoms with Gasteiger partial charge in [-0.25, -0.2) is 4.98 Å². The van der Waals surface area contributed by atoms with Crippen LogP contribution in [0.2, 0.25) is 0 Å². The van der Waals surface area contributed by atoms with E-state index in [0.717, 1.165) is 19.3 Å². The SMILES string of the molecule is CCC(CC)CC(O)c1cccc(OC)n1. The summed E-state index contributed by atoms with van der Waals surface area (Å²) in [5.74, 6) is 1.11. The predicted molar refractivity (Wildman–Crippen MR) is 64.4 cm³/mol. The zero-order valence-corrected chi connectivity index (χ0v) is 10.3. The van der Waals surface area contributed by atoms with Crippen molar-refractivity contribution in [3.63, 3.8) is 0 Å². The highest BCUT2D eigenvalue weighted by Gasteiger charge is 2.14. The summed E-state index contributed by atoms with van der Waals surface area (Å²) in [5.41, 5.74) is 0.700. The molecular formula is C13H21NO2. The number of hydrogen-bond donors (Lipinski definition) is 1. The maximum atomic E-state index is 10.1. The van der Waals surface area contributed by atoms with E-state index in [1.54, 1.807) is 13.2 Å². The lowest BCUT2D eigenvalue weighted by Crippen LogP contribution is -2.07. The van der Waals surface area contributed by atoms with Crippen molar-refractivity contribution < 1.29 is 9.84 Å². The first-order valence-electron chi connectivity index (χ1n) is 5.90. The fraction of sp³-hybridized carbons (Fsp3) is 0.615. The molecule has 16 heavy (non-hydrogen) atoms. The van der Waals surface area contributed by atoms with Gasteiger partial charge >= 0.3 is 0 Å². The summed E-state index contributed by atoms with van der Waals surface area (Å²) in [4.78, 5) is 4.24. The van der Waals surface area contributed by atoms with E-state index in [1.807, 2.05) is 12.1 Å². The minimum Gasteiger partial charge on any atom is -0.481 e. The fourth-order valence-corrected chi connectivity index (χ4v) is 1.79. The summed E-state index contributed by atoms with van der Waals surface area (Å²) in [7, 11) is 1.58. The van der Waals surface area contributed by atoms with Crippen LogP contribution >= 0.6 is 0 Å². The standard InChI is InChI=1S/C13H21NO2/c1-4-10(5-2)9-12(15)11-7-6-8-13(14-11)16-3/h6-8,10,12,15H,4-5,9H2,1-3H3. The summed E-state index contributed by atoms with van der Waals surface area (Å²) in [6.07, 6.45) is 2.47. The van der Waals surface area contributed by atoms with Gasteiger partial charge in [-0.15, -0.1) is 0 Å². The van der Waals surface area contributed by atoms with Gasteiger partial charge in [0.25, 0.3) is 0 Å². The molecule has 0 spiro atoms. The predicted octanol–water partition coefficient (Wildman–Crippen LogP) is 2.95. The van der Waals surface area contributed by atoms with Crippen LogP contribution in [0.3, 0.4) is 0 Å². The van der Waals surface area contributed by atoms with E-state index in [9.17, 15) is 5.11 Å². The van der Waals surface area contributed by atoms with Crippen LogP contribution in [0, 0.1) is 5.92 Å². The molecule has 0 amide bonds. The third kappa shape index (κ3) is 3.49. The normalized spacial score (nSPS) is 12.8. The van der Waals surface area contributed by atoms with E-state index in [0.29, 0.717) is 17.5 Å². The molecule has 1 heterocycles. The van der Waals surface area contributed by atoms with Gasteiger partial charge < -0.3 is 9.84 Å². The molecule has 0 fully saturated rings. The molecule has 0 aliphatic carbocycles. The van der Waals surface area contributed by atoms with Gasteiger partial charge in [0.05, 0.1) is 18.9 Å². The Bertz CT molecular complexity index is 311. The number of nitrogens with zero attached hydrogens (tertiary/aromatic N) is 1. The monoisotopic (exact) mass is 223 g/mol. The van der Waals surface area contributed by atoms with Gasteiger partial charge in [0, 0.05) is 6.07 Å². The third-order valence-corrected chi connectivity index (χ3v) is 3.01. The molecule has 1 aromatic rings. The Labute approximate surface area is 97.5 Å². The first kappa shape index (κ1) is 13.0. The second kappa shape index (κ2) is 6.48. The van der Waals surface area contributed by atoms with Crippen molar-refractivity contribution in [3.05, 3.63) is 23.9 Å². The first-order valence-corrected chi connectivity index (χ1v) is 5.90. The van der Waals surface area contributed by atoms with Crippen molar-refractivity contribution in [2.24, 2.45) is 5.92 Å². The third-order valence-electron chi connectivity index (χ3n) is 3.01. The van der Waals surface area contributed by atoms with E-state index in [-0.39, 0.29) is 0 Å². The van der Waals surface area contributed by atoms with Gasteiger partial charge in [0.15, 0.2) is 0 Å². The van der Waals surface area contributed by atoms with Crippen molar-refractivity contribution in [1.82, 2.24) is 4.98 Å². The second-order valence-corrected chi connectivity index (χ2v) is 4.04. The highest BCUT2D eigenvalue weighted by atomic mass is 16.5. The Morgan fingerprint density at radius 3 is 2.56 bits per heavy atom. The van der Waals surface area contributed by atoms with E-state index >= 15 is 0 Å². The smallest absolute Gasteiger partial charge is 0.213 e. The summed E-state index contributed by atoms with van der Waals surface area (Å²) < 4.78 is 5.04. The molecule has 0 aromatic carbocycles. The lowest BCUT2D eigenvalue weighted by Gasteiger charge is -2.17. The minimum absolute atomic E-state index is 0.486. The van der Waals surface area contributed by atoms with Crippen molar-refractivity contribution in [2.75, 3.05) is 7.11 Å². The van der Waals surface area contributed by atoms with Crippen molar-refractivity contribution in [2.45, 2.75) is 39.2 Å². The van der Waals surface area contributed by atoms with Crippen LogP contribution in [0.1, 0.15) is 44.9 Å². The first-order chi connectivity index (χ1) is 7.71. The summed E-state index contributed by atoms with van der Waals surface area (Å²) in [6, 6.07) is 5.49. The molecule has 90 valence electrons. The number of ether oxygens (including phenoxy) is 1. The molecule has 0 radical (unpaired) electrons. The van der Waals surface area contributed by atoms with Crippen molar-refractivity contribution >= 4 is 0 Å². The number of rotatable bonds is 6. The molecule has 0 bridgehead atoms. The molecule has 0 saturated carbocycles. The Morgan fingerprint density at radius 1 is 1.31 bits per heavy atom. The highest BCUT2D eigenvalue weighted by molar-refractivity contribution is 5.17. The number of hydrogen-bond acceptors (Lipinski definition) is 3. The Kier molecular flexibility index (Phi) is 5.26. The van der Waals surface area contributed by atoms with E-state index in [4.69, 9.17) is 4.74 Å². The van der Waals surface area contributed by atoms with Crippen LogP contribution in [-0.4, -0.2) is 17.2 Å². The number of methoxy groups -OCH3 is 1. The van der Waals surface area contributed by atoms with Crippen molar-refractivity contribution in [1.29, 1.82) is 0 Å². The molecule has 0 saturated heterocycles. The van der Waals surface area contributed by atoms with E-state index in [1.165, 1.54) is 0 Å². The van der Waals surface area contributed by atoms with E-state index < -0.39 is 6.10 Å². The number of pyridine rings is 1. The van der Waals surface area contributed by atoms with Gasteiger partial charge in [0.1, 0.15) is 0 Å². The second-order valence-electron chi connectivity index (χ2n) is 4.04. The molecule has 0 aliphatic rings. The Hall–Kier alpha value is -1.09. The zero-order valence-electron chi connectivity index (χ0n) is 10.3. The largest absolute Gasteiger partial charge is 0.481 e. The average molecular weight is 223 g/mol. The molecule has 1 rings (SSSR count).